The number of furan rings is 1. The van der Waals surface area contributed by atoms with Gasteiger partial charge in [-0.1, -0.05) is 86.6 Å². The minimum atomic E-state index is -0.318. The Morgan fingerprint density at radius 2 is 1.19 bits per heavy atom. The highest BCUT2D eigenvalue weighted by atomic mass is 32.1. The van der Waals surface area contributed by atoms with Crippen LogP contribution in [-0.4, -0.2) is 15.0 Å². The smallest absolute Gasteiger partial charge is 0.164 e. The number of para-hydroxylation sites is 1. The maximum atomic E-state index is 6.78. The van der Waals surface area contributed by atoms with E-state index in [1.165, 1.54) is 25.7 Å². The lowest BCUT2D eigenvalue weighted by molar-refractivity contribution is 0.423. The first-order chi connectivity index (χ1) is 23.5. The van der Waals surface area contributed by atoms with E-state index < -0.39 is 0 Å². The summed E-state index contributed by atoms with van der Waals surface area (Å²) in [5.41, 5.74) is 6.39. The van der Waals surface area contributed by atoms with E-state index in [4.69, 9.17) is 24.1 Å². The van der Waals surface area contributed by atoms with Crippen molar-refractivity contribution < 1.29 is 9.15 Å². The van der Waals surface area contributed by atoms with Gasteiger partial charge in [-0.15, -0.1) is 11.3 Å². The molecular weight excluding hydrogens is 611 g/mol. The third kappa shape index (κ3) is 4.06. The first-order valence-corrected chi connectivity index (χ1v) is 16.8. The minimum absolute atomic E-state index is 0.318. The summed E-state index contributed by atoms with van der Waals surface area (Å²) in [6.45, 7) is 4.55. The van der Waals surface area contributed by atoms with Crippen LogP contribution in [0.1, 0.15) is 25.0 Å². The fourth-order valence-electron chi connectivity index (χ4n) is 7.10. The number of fused-ring (bicyclic) bond motifs is 9. The maximum absolute atomic E-state index is 6.78. The molecule has 1 aliphatic rings. The molecule has 0 atom stereocenters. The zero-order valence-electron chi connectivity index (χ0n) is 26.2. The third-order valence-electron chi connectivity index (χ3n) is 9.59. The number of ether oxygens (including phenoxy) is 1. The summed E-state index contributed by atoms with van der Waals surface area (Å²) in [6, 6.07) is 43.7. The van der Waals surface area contributed by atoms with Crippen LogP contribution in [0.2, 0.25) is 0 Å². The molecule has 228 valence electrons. The fraction of sp³-hybridized carbons (Fsp3) is 0.0714. The molecule has 0 saturated carbocycles. The molecule has 9 aromatic rings. The summed E-state index contributed by atoms with van der Waals surface area (Å²) in [7, 11) is 0. The van der Waals surface area contributed by atoms with E-state index in [-0.39, 0.29) is 5.41 Å². The number of hydrogen-bond donors (Lipinski definition) is 0. The lowest BCUT2D eigenvalue weighted by Gasteiger charge is -2.35. The van der Waals surface area contributed by atoms with Gasteiger partial charge in [-0.25, -0.2) is 15.0 Å². The van der Waals surface area contributed by atoms with Gasteiger partial charge in [0.25, 0.3) is 0 Å². The summed E-state index contributed by atoms with van der Waals surface area (Å²) in [4.78, 5) is 15.1. The molecule has 0 radical (unpaired) electrons. The number of thiophene rings is 1. The predicted octanol–water partition coefficient (Wildman–Crippen LogP) is 11.6. The topological polar surface area (TPSA) is 61.0 Å². The summed E-state index contributed by atoms with van der Waals surface area (Å²) in [5, 5.41) is 4.52. The standard InChI is InChI=1S/C42H27N3O2S/c1-42(2)30-18-21-36-37(28-13-7-9-15-35(28)48-36)38(30)47-34-20-17-26(23-31(34)42)41-44-39(24-10-4-3-5-11-24)43-40(45-41)25-16-19-33-29(22-25)27-12-6-8-14-32(27)46-33/h3-23H,1-2H3. The third-order valence-corrected chi connectivity index (χ3v) is 10.7. The first-order valence-electron chi connectivity index (χ1n) is 16.0. The highest BCUT2D eigenvalue weighted by molar-refractivity contribution is 7.25. The monoisotopic (exact) mass is 637 g/mol. The van der Waals surface area contributed by atoms with Crippen LogP contribution in [0.3, 0.4) is 0 Å². The van der Waals surface area contributed by atoms with E-state index in [0.717, 1.165) is 55.7 Å². The van der Waals surface area contributed by atoms with Gasteiger partial charge in [0.2, 0.25) is 0 Å². The van der Waals surface area contributed by atoms with Gasteiger partial charge >= 0.3 is 0 Å². The molecule has 48 heavy (non-hydrogen) atoms. The quantitative estimate of drug-likeness (QED) is 0.193. The van der Waals surface area contributed by atoms with Crippen molar-refractivity contribution in [2.75, 3.05) is 0 Å². The van der Waals surface area contributed by atoms with E-state index in [0.29, 0.717) is 17.5 Å². The van der Waals surface area contributed by atoms with Crippen LogP contribution in [0.5, 0.6) is 11.5 Å². The molecule has 5 nitrogen and oxygen atoms in total. The Morgan fingerprint density at radius 1 is 0.521 bits per heavy atom. The van der Waals surface area contributed by atoms with E-state index >= 15 is 0 Å². The fourth-order valence-corrected chi connectivity index (χ4v) is 8.21. The molecule has 6 heteroatoms. The van der Waals surface area contributed by atoms with E-state index in [9.17, 15) is 0 Å². The van der Waals surface area contributed by atoms with Crippen molar-refractivity contribution in [2.45, 2.75) is 19.3 Å². The van der Waals surface area contributed by atoms with E-state index in [2.05, 4.69) is 80.6 Å². The molecule has 3 aromatic heterocycles. The van der Waals surface area contributed by atoms with Gasteiger partial charge in [0.05, 0.1) is 0 Å². The van der Waals surface area contributed by atoms with Gasteiger partial charge in [-0.3, -0.25) is 0 Å². The minimum Gasteiger partial charge on any atom is -0.456 e. The molecule has 4 heterocycles. The Bertz CT molecular complexity index is 2740. The van der Waals surface area contributed by atoms with Crippen LogP contribution in [0.25, 0.3) is 76.3 Å². The lowest BCUT2D eigenvalue weighted by Crippen LogP contribution is -2.24. The molecule has 0 saturated heterocycles. The van der Waals surface area contributed by atoms with Crippen LogP contribution >= 0.6 is 11.3 Å². The zero-order chi connectivity index (χ0) is 32.0. The second-order valence-electron chi connectivity index (χ2n) is 12.8. The van der Waals surface area contributed by atoms with Crippen LogP contribution in [0.15, 0.2) is 132 Å². The van der Waals surface area contributed by atoms with Crippen molar-refractivity contribution in [1.82, 2.24) is 15.0 Å². The maximum Gasteiger partial charge on any atom is 0.164 e. The number of nitrogens with zero attached hydrogens (tertiary/aromatic N) is 3. The number of benzene rings is 6. The predicted molar refractivity (Wildman–Crippen MR) is 195 cm³/mol. The van der Waals surface area contributed by atoms with Crippen LogP contribution in [0, 0.1) is 0 Å². The number of aromatic nitrogens is 3. The Hall–Kier alpha value is -5.85. The normalized spacial score (nSPS) is 13.5. The Labute approximate surface area is 280 Å². The highest BCUT2D eigenvalue weighted by Gasteiger charge is 2.36. The average molecular weight is 638 g/mol. The molecule has 0 fully saturated rings. The molecular formula is C42H27N3O2S. The molecule has 0 spiro atoms. The molecule has 0 N–H and O–H groups in total. The largest absolute Gasteiger partial charge is 0.456 e. The van der Waals surface area contributed by atoms with Crippen molar-refractivity contribution >= 4 is 53.4 Å². The van der Waals surface area contributed by atoms with Gasteiger partial charge in [0.15, 0.2) is 17.5 Å². The van der Waals surface area contributed by atoms with Crippen molar-refractivity contribution in [3.05, 3.63) is 139 Å². The molecule has 0 bridgehead atoms. The summed E-state index contributed by atoms with van der Waals surface area (Å²) < 4.78 is 15.4. The SMILES string of the molecule is CC1(C)c2cc(-c3nc(-c4ccccc4)nc(-c4ccc5oc6ccccc6c5c4)n3)ccc2Oc2c1ccc1sc3ccccc3c21. The van der Waals surface area contributed by atoms with E-state index in [1.807, 2.05) is 72.0 Å². The van der Waals surface area contributed by atoms with E-state index in [1.54, 1.807) is 0 Å². The summed E-state index contributed by atoms with van der Waals surface area (Å²) in [6.07, 6.45) is 0. The molecule has 1 aliphatic heterocycles. The van der Waals surface area contributed by atoms with Crippen molar-refractivity contribution in [1.29, 1.82) is 0 Å². The Kier molecular flexibility index (Phi) is 5.72. The van der Waals surface area contributed by atoms with Gasteiger partial charge < -0.3 is 9.15 Å². The second-order valence-corrected chi connectivity index (χ2v) is 13.9. The van der Waals surface area contributed by atoms with Gasteiger partial charge in [-0.05, 0) is 54.6 Å². The van der Waals surface area contributed by atoms with Gasteiger partial charge in [0, 0.05) is 64.2 Å². The van der Waals surface area contributed by atoms with Crippen LogP contribution in [0.4, 0.5) is 0 Å². The molecule has 6 aromatic carbocycles. The van der Waals surface area contributed by atoms with Crippen molar-refractivity contribution in [3.8, 4) is 45.7 Å². The lowest BCUT2D eigenvalue weighted by atomic mass is 9.75. The number of rotatable bonds is 3. The Balaban J connectivity index is 1.13. The van der Waals surface area contributed by atoms with Gasteiger partial charge in [0.1, 0.15) is 22.7 Å². The van der Waals surface area contributed by atoms with Crippen LogP contribution in [-0.2, 0) is 5.41 Å². The number of hydrogen-bond acceptors (Lipinski definition) is 6. The summed E-state index contributed by atoms with van der Waals surface area (Å²) in [5.74, 6) is 3.65. The van der Waals surface area contributed by atoms with Gasteiger partial charge in [-0.2, -0.15) is 0 Å². The first kappa shape index (κ1) is 27.3. The van der Waals surface area contributed by atoms with Crippen molar-refractivity contribution in [3.63, 3.8) is 0 Å². The van der Waals surface area contributed by atoms with Crippen molar-refractivity contribution in [2.24, 2.45) is 0 Å². The molecule has 0 unspecified atom stereocenters. The second kappa shape index (κ2) is 10.1. The Morgan fingerprint density at radius 3 is 2.02 bits per heavy atom. The summed E-state index contributed by atoms with van der Waals surface area (Å²) >= 11 is 1.81. The zero-order valence-corrected chi connectivity index (χ0v) is 27.0. The highest BCUT2D eigenvalue weighted by Crippen LogP contribution is 2.53. The molecule has 0 aliphatic carbocycles. The molecule has 0 amide bonds. The molecule has 10 rings (SSSR count). The average Bonchev–Trinajstić information content (AvgIpc) is 3.70. The van der Waals surface area contributed by atoms with Crippen LogP contribution < -0.4 is 4.74 Å².